The van der Waals surface area contributed by atoms with Crippen LogP contribution in [0.5, 0.6) is 11.5 Å². The zero-order valence-corrected chi connectivity index (χ0v) is 18.5. The molecule has 2 rings (SSSR count). The van der Waals surface area contributed by atoms with Crippen LogP contribution < -0.4 is 14.8 Å². The van der Waals surface area contributed by atoms with E-state index in [0.29, 0.717) is 30.2 Å². The van der Waals surface area contributed by atoms with E-state index in [1.54, 1.807) is 37.4 Å². The number of carbonyl (C=O) groups excluding carboxylic acids is 1. The van der Waals surface area contributed by atoms with Crippen molar-refractivity contribution in [3.05, 3.63) is 65.6 Å². The van der Waals surface area contributed by atoms with Crippen molar-refractivity contribution in [1.82, 2.24) is 10.3 Å². The number of aromatic nitrogens is 1. The molecule has 0 aliphatic heterocycles. The molecule has 7 heteroatoms. The Labute approximate surface area is 184 Å². The molecule has 0 radical (unpaired) electrons. The summed E-state index contributed by atoms with van der Waals surface area (Å²) in [7, 11) is 0. The lowest BCUT2D eigenvalue weighted by atomic mass is 10.1. The molecular weight excluding hydrogens is 396 g/mol. The lowest BCUT2D eigenvalue weighted by Crippen LogP contribution is -2.30. The zero-order chi connectivity index (χ0) is 22.5. The fraction of sp³-hybridized carbons (Fsp3) is 0.417. The molecule has 1 heterocycles. The van der Waals surface area contributed by atoms with Gasteiger partial charge in [0.25, 0.3) is 0 Å². The maximum absolute atomic E-state index is 12.2. The van der Waals surface area contributed by atoms with Crippen LogP contribution in [0.25, 0.3) is 0 Å². The lowest BCUT2D eigenvalue weighted by Gasteiger charge is -2.14. The van der Waals surface area contributed by atoms with E-state index in [1.807, 2.05) is 19.1 Å². The molecule has 0 spiro atoms. The van der Waals surface area contributed by atoms with Crippen LogP contribution in [0.3, 0.4) is 0 Å². The Balaban J connectivity index is 1.68. The van der Waals surface area contributed by atoms with Gasteiger partial charge in [0, 0.05) is 42.4 Å². The third-order valence-corrected chi connectivity index (χ3v) is 4.27. The van der Waals surface area contributed by atoms with Crippen molar-refractivity contribution < 1.29 is 24.1 Å². The van der Waals surface area contributed by atoms with Gasteiger partial charge in [-0.15, -0.1) is 0 Å². The third-order valence-electron chi connectivity index (χ3n) is 4.27. The molecule has 0 bridgehead atoms. The summed E-state index contributed by atoms with van der Waals surface area (Å²) in [5.74, 6) is 1.24. The smallest absolute Gasteiger partial charge is 0.189 e. The number of hydrogen-bond acceptors (Lipinski definition) is 7. The van der Waals surface area contributed by atoms with E-state index in [9.17, 15) is 9.90 Å². The lowest BCUT2D eigenvalue weighted by molar-refractivity contribution is 0.100. The van der Waals surface area contributed by atoms with E-state index in [0.717, 1.165) is 24.5 Å². The summed E-state index contributed by atoms with van der Waals surface area (Å²) < 4.78 is 16.6. The number of pyridine rings is 1. The Morgan fingerprint density at radius 2 is 1.81 bits per heavy atom. The van der Waals surface area contributed by atoms with Crippen molar-refractivity contribution in [2.24, 2.45) is 0 Å². The summed E-state index contributed by atoms with van der Waals surface area (Å²) in [4.78, 5) is 16.3. The maximum Gasteiger partial charge on any atom is 0.189 e. The maximum atomic E-state index is 12.2. The summed E-state index contributed by atoms with van der Waals surface area (Å²) in [6.45, 7) is 7.90. The van der Waals surface area contributed by atoms with Crippen molar-refractivity contribution in [3.63, 3.8) is 0 Å². The summed E-state index contributed by atoms with van der Waals surface area (Å²) in [6.07, 6.45) is 3.31. The molecule has 0 aliphatic rings. The van der Waals surface area contributed by atoms with Gasteiger partial charge in [-0.1, -0.05) is 6.92 Å². The van der Waals surface area contributed by atoms with Gasteiger partial charge in [0.15, 0.2) is 5.78 Å². The molecule has 1 unspecified atom stereocenters. The first kappa shape index (κ1) is 24.4. The highest BCUT2D eigenvalue weighted by molar-refractivity contribution is 6.04. The number of ketones is 1. The molecular formula is C24H32N2O5. The molecule has 0 saturated heterocycles. The minimum atomic E-state index is -0.730. The van der Waals surface area contributed by atoms with Gasteiger partial charge in [-0.2, -0.15) is 0 Å². The van der Waals surface area contributed by atoms with E-state index in [1.165, 1.54) is 6.08 Å². The first-order valence-corrected chi connectivity index (χ1v) is 10.5. The predicted octanol–water partition coefficient (Wildman–Crippen LogP) is 3.31. The highest BCUT2D eigenvalue weighted by Gasteiger charge is 2.07. The summed E-state index contributed by atoms with van der Waals surface area (Å²) in [6, 6.07) is 10.8. The molecule has 7 nitrogen and oxygen atoms in total. The van der Waals surface area contributed by atoms with Crippen LogP contribution >= 0.6 is 0 Å². The van der Waals surface area contributed by atoms with Crippen LogP contribution in [0.4, 0.5) is 0 Å². The number of ether oxygens (including phenoxy) is 3. The first-order valence-electron chi connectivity index (χ1n) is 10.5. The molecule has 1 aromatic heterocycles. The fourth-order valence-electron chi connectivity index (χ4n) is 2.57. The monoisotopic (exact) mass is 428 g/mol. The number of aliphatic hydroxyl groups excluding tert-OH is 1. The van der Waals surface area contributed by atoms with Crippen molar-refractivity contribution in [2.75, 3.05) is 33.0 Å². The number of rotatable bonds is 14. The quantitative estimate of drug-likeness (QED) is 0.271. The van der Waals surface area contributed by atoms with Crippen molar-refractivity contribution in [3.8, 4) is 11.5 Å². The van der Waals surface area contributed by atoms with E-state index in [-0.39, 0.29) is 18.9 Å². The van der Waals surface area contributed by atoms with E-state index in [2.05, 4.69) is 17.2 Å². The second kappa shape index (κ2) is 13.4. The minimum absolute atomic E-state index is 0.126. The van der Waals surface area contributed by atoms with Gasteiger partial charge >= 0.3 is 0 Å². The van der Waals surface area contributed by atoms with Crippen LogP contribution in [0.1, 0.15) is 36.3 Å². The van der Waals surface area contributed by atoms with Gasteiger partial charge in [0.05, 0.1) is 6.61 Å². The van der Waals surface area contributed by atoms with Gasteiger partial charge in [-0.3, -0.25) is 9.78 Å². The molecule has 0 saturated carbocycles. The van der Waals surface area contributed by atoms with Gasteiger partial charge in [-0.05, 0) is 56.7 Å². The molecule has 0 aliphatic carbocycles. The van der Waals surface area contributed by atoms with Gasteiger partial charge < -0.3 is 24.6 Å². The van der Waals surface area contributed by atoms with E-state index < -0.39 is 6.10 Å². The number of benzene rings is 1. The Morgan fingerprint density at radius 1 is 1.10 bits per heavy atom. The first-order chi connectivity index (χ1) is 15.0. The average Bonchev–Trinajstić information content (AvgIpc) is 2.77. The number of nitrogens with zero attached hydrogens (tertiary/aromatic N) is 1. The summed E-state index contributed by atoms with van der Waals surface area (Å²) in [5, 5.41) is 13.2. The number of aliphatic hydroxyl groups is 1. The number of carbonyl (C=O) groups is 1. The number of nitrogens with one attached hydrogen (secondary N) is 1. The summed E-state index contributed by atoms with van der Waals surface area (Å²) in [5.41, 5.74) is 2.04. The normalized spacial score (nSPS) is 12.3. The van der Waals surface area contributed by atoms with E-state index in [4.69, 9.17) is 14.2 Å². The molecule has 0 amide bonds. The van der Waals surface area contributed by atoms with Crippen LogP contribution in [0.15, 0.2) is 54.4 Å². The minimum Gasteiger partial charge on any atom is -0.491 e. The molecule has 31 heavy (non-hydrogen) atoms. The Morgan fingerprint density at radius 3 is 2.45 bits per heavy atom. The van der Waals surface area contributed by atoms with Crippen molar-refractivity contribution >= 4 is 5.78 Å². The van der Waals surface area contributed by atoms with Gasteiger partial charge in [0.2, 0.25) is 0 Å². The second-order valence-electron chi connectivity index (χ2n) is 7.16. The molecule has 2 aromatic rings. The van der Waals surface area contributed by atoms with Crippen molar-refractivity contribution in [2.45, 2.75) is 33.3 Å². The van der Waals surface area contributed by atoms with Crippen LogP contribution in [-0.4, -0.2) is 55.0 Å². The number of allylic oxidation sites excluding steroid dienone is 2. The fourth-order valence-corrected chi connectivity index (χ4v) is 2.57. The average molecular weight is 429 g/mol. The summed E-state index contributed by atoms with van der Waals surface area (Å²) >= 11 is 0. The molecule has 0 fully saturated rings. The van der Waals surface area contributed by atoms with Crippen LogP contribution in [0, 0.1) is 6.92 Å². The molecule has 1 atom stereocenters. The number of hydrogen-bond donors (Lipinski definition) is 2. The highest BCUT2D eigenvalue weighted by Crippen LogP contribution is 2.17. The SMILES string of the molecule is CCCOCCOc1ccc(OCC(O)CNC(C)=CC(=O)c2ccc(C)nc2)cc1. The van der Waals surface area contributed by atoms with Crippen LogP contribution in [0.2, 0.25) is 0 Å². The highest BCUT2D eigenvalue weighted by atomic mass is 16.5. The topological polar surface area (TPSA) is 89.9 Å². The second-order valence-corrected chi connectivity index (χ2v) is 7.16. The molecule has 1 aromatic carbocycles. The molecule has 2 N–H and O–H groups in total. The van der Waals surface area contributed by atoms with E-state index >= 15 is 0 Å². The Kier molecular flexibility index (Phi) is 10.5. The van der Waals surface area contributed by atoms with Crippen LogP contribution in [-0.2, 0) is 4.74 Å². The zero-order valence-electron chi connectivity index (χ0n) is 18.5. The Hall–Kier alpha value is -2.90. The van der Waals surface area contributed by atoms with Gasteiger partial charge in [-0.25, -0.2) is 0 Å². The standard InChI is InChI=1S/C24H32N2O5/c1-4-11-29-12-13-30-22-7-9-23(10-8-22)31-17-21(27)16-26-19(3)14-24(28)20-6-5-18(2)25-15-20/h5-10,14-15,21,26-27H,4,11-13,16-17H2,1-3H3. The van der Waals surface area contributed by atoms with Gasteiger partial charge in [0.1, 0.15) is 30.8 Å². The third kappa shape index (κ3) is 9.63. The predicted molar refractivity (Wildman–Crippen MR) is 120 cm³/mol. The largest absolute Gasteiger partial charge is 0.491 e. The number of aryl methyl sites for hydroxylation is 1. The Bertz CT molecular complexity index is 819. The molecule has 168 valence electrons. The van der Waals surface area contributed by atoms with Crippen molar-refractivity contribution in [1.29, 1.82) is 0 Å².